The summed E-state index contributed by atoms with van der Waals surface area (Å²) < 4.78 is 7.11. The molecule has 0 radical (unpaired) electrons. The molecule has 1 saturated heterocycles. The van der Waals surface area contributed by atoms with Crippen molar-refractivity contribution in [2.45, 2.75) is 12.0 Å². The molecule has 14 heavy (non-hydrogen) atoms. The normalized spacial score (nSPS) is 23.0. The third-order valence-corrected chi connectivity index (χ3v) is 3.48. The van der Waals surface area contributed by atoms with Gasteiger partial charge in [-0.2, -0.15) is 0 Å². The topological polar surface area (TPSA) is 12.5 Å². The quantitative estimate of drug-likeness (QED) is 0.702. The highest BCUT2D eigenvalue weighted by molar-refractivity contribution is 9.10. The summed E-state index contributed by atoms with van der Waals surface area (Å²) in [4.78, 5) is 2.29. The van der Waals surface area contributed by atoms with Crippen molar-refractivity contribution < 1.29 is 4.74 Å². The lowest BCUT2D eigenvalue weighted by Gasteiger charge is -2.44. The fourth-order valence-corrected chi connectivity index (χ4v) is 2.84. The minimum atomic E-state index is 0.0951. The van der Waals surface area contributed by atoms with Gasteiger partial charge in [0.25, 0.3) is 0 Å². The number of hydrogen-bond acceptors (Lipinski definition) is 2. The molecule has 1 spiro atoms. The molecule has 74 valence electrons. The first kappa shape index (κ1) is 8.74. The van der Waals surface area contributed by atoms with E-state index in [9.17, 15) is 0 Å². The Kier molecular flexibility index (Phi) is 1.71. The van der Waals surface area contributed by atoms with Crippen LogP contribution >= 0.6 is 15.9 Å². The van der Waals surface area contributed by atoms with Gasteiger partial charge in [0, 0.05) is 24.0 Å². The molecule has 0 bridgehead atoms. The smallest absolute Gasteiger partial charge is 0.138 e. The van der Waals surface area contributed by atoms with Crippen molar-refractivity contribution in [3.63, 3.8) is 0 Å². The van der Waals surface area contributed by atoms with E-state index in [2.05, 4.69) is 46.1 Å². The van der Waals surface area contributed by atoms with Crippen LogP contribution < -0.4 is 4.74 Å². The third kappa shape index (κ3) is 1.19. The van der Waals surface area contributed by atoms with Gasteiger partial charge in [-0.25, -0.2) is 0 Å². The first-order valence-corrected chi connectivity index (χ1v) is 5.62. The van der Waals surface area contributed by atoms with Crippen LogP contribution in [0.25, 0.3) is 0 Å². The standard InChI is InChI=1S/C11H12BrNO/c1-13-6-11(7-13)5-8-2-3-9(12)4-10(8)14-11/h2-4H,5-7H2,1H3. The Morgan fingerprint density at radius 3 is 2.93 bits per heavy atom. The number of rotatable bonds is 0. The predicted octanol–water partition coefficient (Wildman–Crippen LogP) is 2.07. The van der Waals surface area contributed by atoms with Gasteiger partial charge in [-0.1, -0.05) is 22.0 Å². The number of ether oxygens (including phenoxy) is 1. The molecule has 2 heterocycles. The van der Waals surface area contributed by atoms with Crippen LogP contribution in [0.5, 0.6) is 5.75 Å². The van der Waals surface area contributed by atoms with Crippen molar-refractivity contribution in [2.75, 3.05) is 20.1 Å². The molecule has 0 saturated carbocycles. The second-order valence-electron chi connectivity index (χ2n) is 4.39. The summed E-state index contributed by atoms with van der Waals surface area (Å²) in [6.07, 6.45) is 1.07. The predicted molar refractivity (Wildman–Crippen MR) is 58.7 cm³/mol. The lowest BCUT2D eigenvalue weighted by molar-refractivity contribution is -0.0482. The van der Waals surface area contributed by atoms with Crippen LogP contribution in [0.3, 0.4) is 0 Å². The fourth-order valence-electron chi connectivity index (χ4n) is 2.50. The Morgan fingerprint density at radius 1 is 1.43 bits per heavy atom. The summed E-state index contributed by atoms with van der Waals surface area (Å²) in [6.45, 7) is 2.11. The number of likely N-dealkylation sites (tertiary alicyclic amines) is 1. The maximum absolute atomic E-state index is 6.01. The molecule has 1 aromatic carbocycles. The third-order valence-electron chi connectivity index (χ3n) is 2.98. The van der Waals surface area contributed by atoms with Crippen LogP contribution in [0, 0.1) is 0 Å². The number of halogens is 1. The van der Waals surface area contributed by atoms with E-state index >= 15 is 0 Å². The van der Waals surface area contributed by atoms with E-state index in [-0.39, 0.29) is 5.60 Å². The Bertz CT molecular complexity index is 385. The van der Waals surface area contributed by atoms with E-state index in [0.717, 1.165) is 29.7 Å². The van der Waals surface area contributed by atoms with Crippen LogP contribution in [-0.2, 0) is 6.42 Å². The monoisotopic (exact) mass is 253 g/mol. The highest BCUT2D eigenvalue weighted by Gasteiger charge is 2.47. The Hall–Kier alpha value is -0.540. The van der Waals surface area contributed by atoms with Crippen molar-refractivity contribution in [3.8, 4) is 5.75 Å². The number of fused-ring (bicyclic) bond motifs is 1. The first-order chi connectivity index (χ1) is 6.67. The SMILES string of the molecule is CN1CC2(Cc3ccc(Br)cc3O2)C1. The number of likely N-dealkylation sites (N-methyl/N-ethyl adjacent to an activating group) is 1. The Morgan fingerprint density at radius 2 is 2.21 bits per heavy atom. The Labute approximate surface area is 92.0 Å². The number of benzene rings is 1. The average molecular weight is 254 g/mol. The van der Waals surface area contributed by atoms with Crippen LogP contribution in [0.2, 0.25) is 0 Å². The zero-order valence-electron chi connectivity index (χ0n) is 8.09. The molecule has 3 rings (SSSR count). The van der Waals surface area contributed by atoms with Crippen molar-refractivity contribution in [3.05, 3.63) is 28.2 Å². The molecule has 0 aliphatic carbocycles. The largest absolute Gasteiger partial charge is 0.484 e. The van der Waals surface area contributed by atoms with E-state index in [1.54, 1.807) is 0 Å². The summed E-state index contributed by atoms with van der Waals surface area (Å²) in [5.41, 5.74) is 1.44. The van der Waals surface area contributed by atoms with Crippen LogP contribution in [-0.4, -0.2) is 30.6 Å². The van der Waals surface area contributed by atoms with Crippen LogP contribution in [0.15, 0.2) is 22.7 Å². The highest BCUT2D eigenvalue weighted by atomic mass is 79.9. The van der Waals surface area contributed by atoms with Gasteiger partial charge >= 0.3 is 0 Å². The number of nitrogens with zero attached hydrogens (tertiary/aromatic N) is 1. The fraction of sp³-hybridized carbons (Fsp3) is 0.455. The summed E-state index contributed by atoms with van der Waals surface area (Å²) in [5.74, 6) is 1.06. The van der Waals surface area contributed by atoms with Crippen LogP contribution in [0.4, 0.5) is 0 Å². The molecule has 0 aromatic heterocycles. The summed E-state index contributed by atoms with van der Waals surface area (Å²) in [5, 5.41) is 0. The van der Waals surface area contributed by atoms with E-state index in [1.165, 1.54) is 5.56 Å². The Balaban J connectivity index is 1.91. The van der Waals surface area contributed by atoms with Crippen molar-refractivity contribution in [1.82, 2.24) is 4.90 Å². The molecule has 0 atom stereocenters. The molecule has 1 fully saturated rings. The van der Waals surface area contributed by atoms with E-state index in [1.807, 2.05) is 0 Å². The second-order valence-corrected chi connectivity index (χ2v) is 5.30. The van der Waals surface area contributed by atoms with E-state index in [4.69, 9.17) is 4.74 Å². The molecule has 2 nitrogen and oxygen atoms in total. The van der Waals surface area contributed by atoms with Gasteiger partial charge < -0.3 is 4.74 Å². The molecule has 0 unspecified atom stereocenters. The van der Waals surface area contributed by atoms with Gasteiger partial charge in [0.05, 0.1) is 0 Å². The van der Waals surface area contributed by atoms with Gasteiger partial charge in [-0.15, -0.1) is 0 Å². The maximum Gasteiger partial charge on any atom is 0.138 e. The first-order valence-electron chi connectivity index (χ1n) is 4.83. The minimum absolute atomic E-state index is 0.0951. The molecule has 0 amide bonds. The van der Waals surface area contributed by atoms with E-state index in [0.29, 0.717) is 0 Å². The molecule has 0 N–H and O–H groups in total. The van der Waals surface area contributed by atoms with E-state index < -0.39 is 0 Å². The average Bonchev–Trinajstić information content (AvgIpc) is 2.41. The van der Waals surface area contributed by atoms with Crippen molar-refractivity contribution >= 4 is 15.9 Å². The maximum atomic E-state index is 6.01. The number of hydrogen-bond donors (Lipinski definition) is 0. The lowest BCUT2D eigenvalue weighted by atomic mass is 9.90. The lowest BCUT2D eigenvalue weighted by Crippen LogP contribution is -2.62. The summed E-state index contributed by atoms with van der Waals surface area (Å²) >= 11 is 3.46. The van der Waals surface area contributed by atoms with Gasteiger partial charge in [-0.05, 0) is 24.7 Å². The molecule has 2 aliphatic rings. The summed E-state index contributed by atoms with van der Waals surface area (Å²) in [6, 6.07) is 6.32. The summed E-state index contributed by atoms with van der Waals surface area (Å²) in [7, 11) is 2.13. The molecule has 3 heteroatoms. The van der Waals surface area contributed by atoms with Gasteiger partial charge in [0.2, 0.25) is 0 Å². The van der Waals surface area contributed by atoms with Gasteiger partial charge in [0.15, 0.2) is 0 Å². The highest BCUT2D eigenvalue weighted by Crippen LogP contribution is 2.40. The molecule has 2 aliphatic heterocycles. The van der Waals surface area contributed by atoms with Crippen molar-refractivity contribution in [2.24, 2.45) is 0 Å². The molecular weight excluding hydrogens is 242 g/mol. The zero-order chi connectivity index (χ0) is 9.76. The van der Waals surface area contributed by atoms with Crippen molar-refractivity contribution in [1.29, 1.82) is 0 Å². The molecule has 1 aromatic rings. The zero-order valence-corrected chi connectivity index (χ0v) is 9.67. The van der Waals surface area contributed by atoms with Gasteiger partial charge in [-0.3, -0.25) is 4.90 Å². The van der Waals surface area contributed by atoms with Crippen LogP contribution in [0.1, 0.15) is 5.56 Å². The molecular formula is C11H12BrNO. The second kappa shape index (κ2) is 2.74. The minimum Gasteiger partial charge on any atom is -0.484 e. The van der Waals surface area contributed by atoms with Gasteiger partial charge in [0.1, 0.15) is 11.4 Å².